The van der Waals surface area contributed by atoms with Crippen molar-refractivity contribution >= 4 is 10.0 Å². The highest BCUT2D eigenvalue weighted by atomic mass is 32.2. The zero-order chi connectivity index (χ0) is 12.9. The lowest BCUT2D eigenvalue weighted by atomic mass is 9.88. The minimum absolute atomic E-state index is 0.0830. The number of rotatable bonds is 7. The number of nitrogens with one attached hydrogen (secondary N) is 1. The molecule has 0 heterocycles. The molecule has 1 fully saturated rings. The summed E-state index contributed by atoms with van der Waals surface area (Å²) in [5, 5.41) is 9.40. The molecule has 0 bridgehead atoms. The van der Waals surface area contributed by atoms with Gasteiger partial charge in [-0.2, -0.15) is 0 Å². The smallest absolute Gasteiger partial charge is 0.211 e. The van der Waals surface area contributed by atoms with Crippen molar-refractivity contribution in [1.82, 2.24) is 4.72 Å². The number of aliphatic hydroxyl groups is 1. The zero-order valence-electron chi connectivity index (χ0n) is 10.9. The molecular weight excluding hydrogens is 238 g/mol. The van der Waals surface area contributed by atoms with E-state index in [1.165, 1.54) is 0 Å². The van der Waals surface area contributed by atoms with Crippen LogP contribution in [0.5, 0.6) is 0 Å². The second-order valence-electron chi connectivity index (χ2n) is 5.69. The van der Waals surface area contributed by atoms with Crippen LogP contribution < -0.4 is 4.72 Å². The Balaban J connectivity index is 2.43. The molecule has 0 aromatic rings. The van der Waals surface area contributed by atoms with Crippen LogP contribution >= 0.6 is 0 Å². The van der Waals surface area contributed by atoms with Crippen molar-refractivity contribution in [2.45, 2.75) is 46.0 Å². The molecule has 0 aromatic carbocycles. The normalized spacial score (nSPS) is 20.0. The van der Waals surface area contributed by atoms with E-state index in [0.29, 0.717) is 18.9 Å². The van der Waals surface area contributed by atoms with Crippen LogP contribution in [0, 0.1) is 11.3 Å². The van der Waals surface area contributed by atoms with Crippen LogP contribution in [0.15, 0.2) is 0 Å². The Morgan fingerprint density at radius 3 is 2.35 bits per heavy atom. The molecule has 0 saturated heterocycles. The molecule has 4 nitrogen and oxygen atoms in total. The molecule has 1 saturated carbocycles. The SMILES string of the molecule is CC(C)CCS(=O)(=O)NCC1(CO)CCCC1. The Labute approximate surface area is 105 Å². The molecule has 0 radical (unpaired) electrons. The van der Waals surface area contributed by atoms with E-state index in [1.54, 1.807) is 0 Å². The van der Waals surface area contributed by atoms with Gasteiger partial charge < -0.3 is 5.11 Å². The lowest BCUT2D eigenvalue weighted by Gasteiger charge is -2.26. The van der Waals surface area contributed by atoms with Gasteiger partial charge in [-0.25, -0.2) is 13.1 Å². The van der Waals surface area contributed by atoms with Crippen LogP contribution in [0.25, 0.3) is 0 Å². The topological polar surface area (TPSA) is 66.4 Å². The van der Waals surface area contributed by atoms with E-state index >= 15 is 0 Å². The van der Waals surface area contributed by atoms with Gasteiger partial charge in [0.15, 0.2) is 0 Å². The summed E-state index contributed by atoms with van der Waals surface area (Å²) in [7, 11) is -3.17. The first-order valence-corrected chi connectivity index (χ1v) is 8.13. The monoisotopic (exact) mass is 263 g/mol. The summed E-state index contributed by atoms with van der Waals surface area (Å²) < 4.78 is 26.2. The van der Waals surface area contributed by atoms with Crippen molar-refractivity contribution in [2.24, 2.45) is 11.3 Å². The summed E-state index contributed by atoms with van der Waals surface area (Å²) in [5.74, 6) is 0.580. The summed E-state index contributed by atoms with van der Waals surface area (Å²) >= 11 is 0. The highest BCUT2D eigenvalue weighted by Crippen LogP contribution is 2.37. The standard InChI is InChI=1S/C12H25NO3S/c1-11(2)5-8-17(15,16)13-9-12(10-14)6-3-4-7-12/h11,13-14H,3-10H2,1-2H3. The third-order valence-corrected chi connectivity index (χ3v) is 4.99. The molecule has 0 unspecified atom stereocenters. The molecule has 0 amide bonds. The summed E-state index contributed by atoms with van der Waals surface area (Å²) in [6.45, 7) is 4.51. The molecule has 1 aliphatic rings. The fourth-order valence-electron chi connectivity index (χ4n) is 2.24. The molecule has 0 spiro atoms. The maximum absolute atomic E-state index is 11.8. The third kappa shape index (κ3) is 4.94. The van der Waals surface area contributed by atoms with Gasteiger partial charge in [0, 0.05) is 18.6 Å². The summed E-state index contributed by atoms with van der Waals surface area (Å²) in [5.41, 5.74) is -0.203. The van der Waals surface area contributed by atoms with Crippen LogP contribution in [0.3, 0.4) is 0 Å². The maximum Gasteiger partial charge on any atom is 0.211 e. The third-order valence-electron chi connectivity index (χ3n) is 3.63. The van der Waals surface area contributed by atoms with Gasteiger partial charge in [0.05, 0.1) is 5.75 Å². The van der Waals surface area contributed by atoms with E-state index in [9.17, 15) is 13.5 Å². The number of aliphatic hydroxyl groups excluding tert-OH is 1. The van der Waals surface area contributed by atoms with Gasteiger partial charge in [-0.3, -0.25) is 0 Å². The first kappa shape index (κ1) is 14.9. The molecule has 5 heteroatoms. The van der Waals surface area contributed by atoms with E-state index in [2.05, 4.69) is 4.72 Å². The molecule has 0 atom stereocenters. The highest BCUT2D eigenvalue weighted by Gasteiger charge is 2.34. The van der Waals surface area contributed by atoms with Crippen molar-refractivity contribution in [3.63, 3.8) is 0 Å². The molecule has 0 aliphatic heterocycles. The van der Waals surface area contributed by atoms with Crippen molar-refractivity contribution in [3.05, 3.63) is 0 Å². The molecular formula is C12H25NO3S. The van der Waals surface area contributed by atoms with Crippen LogP contribution in [0.1, 0.15) is 46.0 Å². The van der Waals surface area contributed by atoms with E-state index in [0.717, 1.165) is 25.7 Å². The fraction of sp³-hybridized carbons (Fsp3) is 1.00. The van der Waals surface area contributed by atoms with Gasteiger partial charge in [-0.15, -0.1) is 0 Å². The number of sulfonamides is 1. The van der Waals surface area contributed by atoms with Crippen LogP contribution in [-0.4, -0.2) is 32.4 Å². The van der Waals surface area contributed by atoms with Crippen LogP contribution in [0.4, 0.5) is 0 Å². The lowest BCUT2D eigenvalue weighted by Crippen LogP contribution is -2.39. The molecule has 17 heavy (non-hydrogen) atoms. The Hall–Kier alpha value is -0.130. The van der Waals surface area contributed by atoms with Gasteiger partial charge in [-0.05, 0) is 25.2 Å². The van der Waals surface area contributed by atoms with Gasteiger partial charge >= 0.3 is 0 Å². The van der Waals surface area contributed by atoms with E-state index in [1.807, 2.05) is 13.8 Å². The summed E-state index contributed by atoms with van der Waals surface area (Å²) in [6.07, 6.45) is 4.72. The molecule has 2 N–H and O–H groups in total. The molecule has 0 aromatic heterocycles. The Bertz CT molecular complexity index is 319. The van der Waals surface area contributed by atoms with Crippen molar-refractivity contribution < 1.29 is 13.5 Å². The van der Waals surface area contributed by atoms with Crippen molar-refractivity contribution in [1.29, 1.82) is 0 Å². The van der Waals surface area contributed by atoms with Gasteiger partial charge in [0.25, 0.3) is 0 Å². The van der Waals surface area contributed by atoms with E-state index in [-0.39, 0.29) is 17.8 Å². The lowest BCUT2D eigenvalue weighted by molar-refractivity contribution is 0.134. The summed E-state index contributed by atoms with van der Waals surface area (Å²) in [6, 6.07) is 0. The Kier molecular flexibility index (Phi) is 5.41. The predicted molar refractivity (Wildman–Crippen MR) is 69.2 cm³/mol. The number of hydrogen-bond donors (Lipinski definition) is 2. The van der Waals surface area contributed by atoms with Gasteiger partial charge in [0.1, 0.15) is 0 Å². The van der Waals surface area contributed by atoms with Crippen molar-refractivity contribution in [3.8, 4) is 0 Å². The predicted octanol–water partition coefficient (Wildman–Crippen LogP) is 1.50. The molecule has 102 valence electrons. The first-order valence-electron chi connectivity index (χ1n) is 6.47. The Morgan fingerprint density at radius 1 is 1.29 bits per heavy atom. The fourth-order valence-corrected chi connectivity index (χ4v) is 3.69. The maximum atomic E-state index is 11.8. The van der Waals surface area contributed by atoms with Gasteiger partial charge in [0.2, 0.25) is 10.0 Å². The van der Waals surface area contributed by atoms with E-state index in [4.69, 9.17) is 0 Å². The second-order valence-corrected chi connectivity index (χ2v) is 7.61. The van der Waals surface area contributed by atoms with E-state index < -0.39 is 10.0 Å². The van der Waals surface area contributed by atoms with Gasteiger partial charge in [-0.1, -0.05) is 26.7 Å². The first-order chi connectivity index (χ1) is 7.89. The average molecular weight is 263 g/mol. The minimum atomic E-state index is -3.17. The quantitative estimate of drug-likeness (QED) is 0.731. The minimum Gasteiger partial charge on any atom is -0.396 e. The van der Waals surface area contributed by atoms with Crippen molar-refractivity contribution in [2.75, 3.05) is 18.9 Å². The second kappa shape index (κ2) is 6.16. The largest absolute Gasteiger partial charge is 0.396 e. The van der Waals surface area contributed by atoms with Crippen LogP contribution in [0.2, 0.25) is 0 Å². The Morgan fingerprint density at radius 2 is 1.88 bits per heavy atom. The summed E-state index contributed by atoms with van der Waals surface area (Å²) in [4.78, 5) is 0. The molecule has 1 aliphatic carbocycles. The molecule has 1 rings (SSSR count). The van der Waals surface area contributed by atoms with Crippen LogP contribution in [-0.2, 0) is 10.0 Å². The number of hydrogen-bond acceptors (Lipinski definition) is 3. The average Bonchev–Trinajstić information content (AvgIpc) is 2.74. The zero-order valence-corrected chi connectivity index (χ0v) is 11.7. The highest BCUT2D eigenvalue weighted by molar-refractivity contribution is 7.89.